The van der Waals surface area contributed by atoms with Gasteiger partial charge in [-0.25, -0.2) is 0 Å². The fourth-order valence-electron chi connectivity index (χ4n) is 6.61. The molecule has 5 rings (SSSR count). The van der Waals surface area contributed by atoms with Crippen molar-refractivity contribution in [1.29, 1.82) is 0 Å². The molecule has 2 atom stereocenters. The van der Waals surface area contributed by atoms with Crippen molar-refractivity contribution in [2.24, 2.45) is 23.2 Å². The number of methoxy groups -OCH3 is 1. The van der Waals surface area contributed by atoms with E-state index in [2.05, 4.69) is 17.3 Å². The van der Waals surface area contributed by atoms with Gasteiger partial charge < -0.3 is 10.1 Å². The summed E-state index contributed by atoms with van der Waals surface area (Å²) in [5.41, 5.74) is 0.620. The highest BCUT2D eigenvalue weighted by atomic mass is 16.5. The van der Waals surface area contributed by atoms with Crippen molar-refractivity contribution in [3.63, 3.8) is 0 Å². The summed E-state index contributed by atoms with van der Waals surface area (Å²) in [7, 11) is 4.07. The van der Waals surface area contributed by atoms with Gasteiger partial charge in [-0.05, 0) is 75.2 Å². The van der Waals surface area contributed by atoms with Gasteiger partial charge in [0.25, 0.3) is 0 Å². The van der Waals surface area contributed by atoms with Crippen molar-refractivity contribution in [3.05, 3.63) is 0 Å². The van der Waals surface area contributed by atoms with E-state index in [-0.39, 0.29) is 0 Å². The summed E-state index contributed by atoms with van der Waals surface area (Å²) in [6, 6.07) is 0.696. The Bertz CT molecular complexity index is 348. The van der Waals surface area contributed by atoms with E-state index in [1.54, 1.807) is 19.3 Å². The zero-order chi connectivity index (χ0) is 14.4. The zero-order valence-electron chi connectivity index (χ0n) is 13.8. The van der Waals surface area contributed by atoms with Gasteiger partial charge >= 0.3 is 0 Å². The number of nitrogens with zero attached hydrogens (tertiary/aromatic N) is 1. The molecule has 4 aliphatic carbocycles. The molecule has 0 aromatic heterocycles. The molecule has 1 heterocycles. The van der Waals surface area contributed by atoms with Crippen molar-refractivity contribution in [3.8, 4) is 0 Å². The molecule has 2 unspecified atom stereocenters. The molecule has 0 radical (unpaired) electrons. The minimum Gasteiger partial charge on any atom is -0.380 e. The molecule has 1 N–H and O–H groups in total. The van der Waals surface area contributed by atoms with Crippen LogP contribution >= 0.6 is 0 Å². The molecule has 1 aliphatic heterocycles. The molecule has 0 spiro atoms. The lowest BCUT2D eigenvalue weighted by molar-refractivity contribution is -0.0770. The van der Waals surface area contributed by atoms with Crippen molar-refractivity contribution in [1.82, 2.24) is 10.2 Å². The molecule has 5 fully saturated rings. The van der Waals surface area contributed by atoms with Gasteiger partial charge in [0.15, 0.2) is 0 Å². The highest BCUT2D eigenvalue weighted by Crippen LogP contribution is 2.61. The Kier molecular flexibility index (Phi) is 3.79. The van der Waals surface area contributed by atoms with Gasteiger partial charge in [-0.15, -0.1) is 0 Å². The van der Waals surface area contributed by atoms with Gasteiger partial charge in [0.1, 0.15) is 0 Å². The van der Waals surface area contributed by atoms with Gasteiger partial charge in [-0.2, -0.15) is 0 Å². The third-order valence-electron chi connectivity index (χ3n) is 7.18. The van der Waals surface area contributed by atoms with Crippen molar-refractivity contribution < 1.29 is 4.74 Å². The average molecular weight is 292 g/mol. The quantitative estimate of drug-likeness (QED) is 0.842. The maximum Gasteiger partial charge on any atom is 0.0710 e. The third-order valence-corrected chi connectivity index (χ3v) is 7.18. The molecule has 4 bridgehead atoms. The number of ether oxygens (including phenoxy) is 1. The Balaban J connectivity index is 1.46. The van der Waals surface area contributed by atoms with Crippen LogP contribution in [-0.4, -0.2) is 50.8 Å². The van der Waals surface area contributed by atoms with E-state index in [1.807, 2.05) is 7.11 Å². The molecule has 3 nitrogen and oxygen atoms in total. The number of hydrogen-bond donors (Lipinski definition) is 1. The molecular formula is C18H32N2O. The maximum atomic E-state index is 5.54. The van der Waals surface area contributed by atoms with Crippen LogP contribution in [0.2, 0.25) is 0 Å². The van der Waals surface area contributed by atoms with Crippen LogP contribution in [0.3, 0.4) is 0 Å². The van der Waals surface area contributed by atoms with Gasteiger partial charge in [0.2, 0.25) is 0 Å². The van der Waals surface area contributed by atoms with Crippen LogP contribution in [-0.2, 0) is 4.74 Å². The van der Waals surface area contributed by atoms with E-state index in [1.165, 1.54) is 38.8 Å². The molecule has 3 heteroatoms. The fraction of sp³-hybridized carbons (Fsp3) is 1.00. The molecule has 21 heavy (non-hydrogen) atoms. The number of rotatable bonds is 5. The average Bonchev–Trinajstić information content (AvgIpc) is 2.91. The van der Waals surface area contributed by atoms with Gasteiger partial charge in [-0.3, -0.25) is 4.90 Å². The summed E-state index contributed by atoms with van der Waals surface area (Å²) in [6.07, 6.45) is 10.8. The summed E-state index contributed by atoms with van der Waals surface area (Å²) >= 11 is 0. The highest BCUT2D eigenvalue weighted by Gasteiger charge is 2.54. The normalized spacial score (nSPS) is 47.1. The highest BCUT2D eigenvalue weighted by molar-refractivity contribution is 5.06. The predicted molar refractivity (Wildman–Crippen MR) is 85.3 cm³/mol. The van der Waals surface area contributed by atoms with Crippen LogP contribution in [0.5, 0.6) is 0 Å². The Labute approximate surface area is 129 Å². The summed E-state index contributed by atoms with van der Waals surface area (Å²) in [6.45, 7) is 3.60. The van der Waals surface area contributed by atoms with Crippen LogP contribution in [0.4, 0.5) is 0 Å². The minimum absolute atomic E-state index is 0.471. The summed E-state index contributed by atoms with van der Waals surface area (Å²) in [5.74, 6) is 3.16. The SMILES string of the molecule is CNC(CN1CCC(OC)C1)C12CC3CC(CC(C3)C1)C2. The Morgan fingerprint density at radius 2 is 1.76 bits per heavy atom. The lowest BCUT2D eigenvalue weighted by Gasteiger charge is -2.59. The smallest absolute Gasteiger partial charge is 0.0710 e. The van der Waals surface area contributed by atoms with E-state index in [9.17, 15) is 0 Å². The summed E-state index contributed by atoms with van der Waals surface area (Å²) in [4.78, 5) is 2.65. The number of hydrogen-bond acceptors (Lipinski definition) is 3. The van der Waals surface area contributed by atoms with Crippen LogP contribution in [0.25, 0.3) is 0 Å². The Morgan fingerprint density at radius 3 is 2.24 bits per heavy atom. The first-order valence-corrected chi connectivity index (χ1v) is 9.13. The van der Waals surface area contributed by atoms with Crippen LogP contribution in [0.1, 0.15) is 44.9 Å². The lowest BCUT2D eigenvalue weighted by atomic mass is 9.47. The van der Waals surface area contributed by atoms with Crippen LogP contribution < -0.4 is 5.32 Å². The predicted octanol–water partition coefficient (Wildman–Crippen LogP) is 2.51. The van der Waals surface area contributed by atoms with Crippen LogP contribution in [0, 0.1) is 23.2 Å². The third kappa shape index (κ3) is 2.55. The topological polar surface area (TPSA) is 24.5 Å². The number of likely N-dealkylation sites (N-methyl/N-ethyl adjacent to an activating group) is 1. The molecular weight excluding hydrogens is 260 g/mol. The standard InChI is InChI=1S/C18H32N2O/c1-19-17(12-20-4-3-16(11-20)21-2)18-8-13-5-14(9-18)7-15(6-13)10-18/h13-17,19H,3-12H2,1-2H3. The first-order chi connectivity index (χ1) is 10.2. The minimum atomic E-state index is 0.471. The molecule has 0 aromatic rings. The first kappa shape index (κ1) is 14.5. The second kappa shape index (κ2) is 5.50. The van der Waals surface area contributed by atoms with E-state index >= 15 is 0 Å². The molecule has 4 saturated carbocycles. The van der Waals surface area contributed by atoms with E-state index in [0.717, 1.165) is 24.3 Å². The molecule has 5 aliphatic rings. The van der Waals surface area contributed by atoms with Crippen molar-refractivity contribution in [2.75, 3.05) is 33.8 Å². The summed E-state index contributed by atoms with van der Waals surface area (Å²) in [5, 5.41) is 3.74. The van der Waals surface area contributed by atoms with E-state index in [4.69, 9.17) is 4.74 Å². The molecule has 120 valence electrons. The van der Waals surface area contributed by atoms with Crippen molar-refractivity contribution in [2.45, 2.75) is 57.1 Å². The monoisotopic (exact) mass is 292 g/mol. The fourth-order valence-corrected chi connectivity index (χ4v) is 6.61. The number of nitrogens with one attached hydrogen (secondary N) is 1. The van der Waals surface area contributed by atoms with E-state index < -0.39 is 0 Å². The lowest BCUT2D eigenvalue weighted by Crippen LogP contribution is -2.58. The second-order valence-electron chi connectivity index (χ2n) is 8.53. The van der Waals surface area contributed by atoms with E-state index in [0.29, 0.717) is 17.6 Å². The Hall–Kier alpha value is -0.120. The van der Waals surface area contributed by atoms with Gasteiger partial charge in [0.05, 0.1) is 6.10 Å². The molecule has 0 amide bonds. The van der Waals surface area contributed by atoms with Crippen LogP contribution in [0.15, 0.2) is 0 Å². The Morgan fingerprint density at radius 1 is 1.14 bits per heavy atom. The molecule has 0 aromatic carbocycles. The summed E-state index contributed by atoms with van der Waals surface area (Å²) < 4.78 is 5.54. The first-order valence-electron chi connectivity index (χ1n) is 9.13. The molecule has 1 saturated heterocycles. The van der Waals surface area contributed by atoms with Gasteiger partial charge in [0, 0.05) is 32.8 Å². The van der Waals surface area contributed by atoms with Gasteiger partial charge in [-0.1, -0.05) is 0 Å². The maximum absolute atomic E-state index is 5.54. The van der Waals surface area contributed by atoms with Crippen molar-refractivity contribution >= 4 is 0 Å². The zero-order valence-corrected chi connectivity index (χ0v) is 13.8. The second-order valence-corrected chi connectivity index (χ2v) is 8.53. The largest absolute Gasteiger partial charge is 0.380 e. The number of likely N-dealkylation sites (tertiary alicyclic amines) is 1.